The van der Waals surface area contributed by atoms with Gasteiger partial charge in [-0.2, -0.15) is 0 Å². The molecule has 0 unspecified atom stereocenters. The molecule has 0 aliphatic heterocycles. The molecule has 0 saturated heterocycles. The van der Waals surface area contributed by atoms with Gasteiger partial charge in [0, 0.05) is 12.4 Å². The van der Waals surface area contributed by atoms with E-state index in [2.05, 4.69) is 4.98 Å². The summed E-state index contributed by atoms with van der Waals surface area (Å²) in [5.41, 5.74) is 0. The Morgan fingerprint density at radius 1 is 1.00 bits per heavy atom. The van der Waals surface area contributed by atoms with Crippen molar-refractivity contribution in [3.63, 3.8) is 0 Å². The van der Waals surface area contributed by atoms with Gasteiger partial charge in [0.1, 0.15) is 6.33 Å². The van der Waals surface area contributed by atoms with Gasteiger partial charge in [-0.25, -0.2) is 4.98 Å². The van der Waals surface area contributed by atoms with Gasteiger partial charge in [0.2, 0.25) is 6.41 Å². The lowest BCUT2D eigenvalue weighted by molar-refractivity contribution is 0.547. The van der Waals surface area contributed by atoms with E-state index < -0.39 is 0 Å². The Balaban J connectivity index is 0.000000132. The van der Waals surface area contributed by atoms with Gasteiger partial charge in [-0.3, -0.25) is 9.36 Å². The zero-order chi connectivity index (χ0) is 9.36. The molecule has 1 aromatic heterocycles. The normalized spacial score (nSPS) is 8.31. The van der Waals surface area contributed by atoms with E-state index in [1.54, 1.807) is 12.4 Å². The number of nitrogens with zero attached hydrogens (tertiary/aromatic N) is 2. The average molecular weight is 174 g/mol. The smallest absolute Gasteiger partial charge is 0.218 e. The Kier molecular flexibility index (Phi) is 4.04. The van der Waals surface area contributed by atoms with Gasteiger partial charge in [0.15, 0.2) is 0 Å². The Labute approximate surface area is 76.7 Å². The summed E-state index contributed by atoms with van der Waals surface area (Å²) in [7, 11) is 0. The lowest BCUT2D eigenvalue weighted by atomic mass is 10.4. The molecule has 0 aliphatic rings. The molecule has 1 heterocycles. The van der Waals surface area contributed by atoms with Gasteiger partial charge in [0.25, 0.3) is 0 Å². The number of imidazole rings is 1. The van der Waals surface area contributed by atoms with E-state index in [1.165, 1.54) is 10.9 Å². The topological polar surface area (TPSA) is 34.9 Å². The van der Waals surface area contributed by atoms with Crippen LogP contribution in [0.2, 0.25) is 0 Å². The van der Waals surface area contributed by atoms with Gasteiger partial charge in [-0.1, -0.05) is 36.4 Å². The lowest BCUT2D eigenvalue weighted by Crippen LogP contribution is -1.86. The van der Waals surface area contributed by atoms with Crippen LogP contribution < -0.4 is 0 Å². The number of hydrogen-bond donors (Lipinski definition) is 0. The minimum atomic E-state index is 0.688. The maximum absolute atomic E-state index is 9.79. The van der Waals surface area contributed by atoms with Crippen LogP contribution in [0.5, 0.6) is 0 Å². The summed E-state index contributed by atoms with van der Waals surface area (Å²) in [5, 5.41) is 0. The molecule has 1 aromatic carbocycles. The van der Waals surface area contributed by atoms with Gasteiger partial charge < -0.3 is 0 Å². The van der Waals surface area contributed by atoms with Crippen LogP contribution in [-0.2, 0) is 4.79 Å². The van der Waals surface area contributed by atoms with Crippen LogP contribution in [0.1, 0.15) is 0 Å². The number of benzene rings is 1. The second-order valence-electron chi connectivity index (χ2n) is 2.27. The molecule has 3 nitrogen and oxygen atoms in total. The summed E-state index contributed by atoms with van der Waals surface area (Å²) < 4.78 is 1.33. The van der Waals surface area contributed by atoms with Crippen LogP contribution >= 0.6 is 0 Å². The van der Waals surface area contributed by atoms with Crippen LogP contribution in [0.4, 0.5) is 0 Å². The van der Waals surface area contributed by atoms with Crippen molar-refractivity contribution in [1.82, 2.24) is 9.55 Å². The molecule has 13 heavy (non-hydrogen) atoms. The third kappa shape index (κ3) is 3.86. The number of carbonyl (C=O) groups is 1. The monoisotopic (exact) mass is 174 g/mol. The number of aromatic nitrogens is 2. The highest BCUT2D eigenvalue weighted by Gasteiger charge is 1.76. The minimum Gasteiger partial charge on any atom is -0.279 e. The van der Waals surface area contributed by atoms with Crippen molar-refractivity contribution < 1.29 is 4.79 Å². The maximum atomic E-state index is 9.79. The number of carbonyl (C=O) groups excluding carboxylic acids is 1. The maximum Gasteiger partial charge on any atom is 0.218 e. The second-order valence-corrected chi connectivity index (χ2v) is 2.27. The highest BCUT2D eigenvalue weighted by Crippen LogP contribution is 1.79. The fourth-order valence-electron chi connectivity index (χ4n) is 0.717. The van der Waals surface area contributed by atoms with Crippen LogP contribution in [-0.4, -0.2) is 16.0 Å². The van der Waals surface area contributed by atoms with Crippen molar-refractivity contribution in [2.75, 3.05) is 0 Å². The zero-order valence-corrected chi connectivity index (χ0v) is 7.08. The van der Waals surface area contributed by atoms with E-state index in [0.717, 1.165) is 0 Å². The second kappa shape index (κ2) is 5.71. The first kappa shape index (κ1) is 9.19. The Morgan fingerprint density at radius 2 is 1.54 bits per heavy atom. The Morgan fingerprint density at radius 3 is 1.77 bits per heavy atom. The molecule has 0 saturated carbocycles. The fourth-order valence-corrected chi connectivity index (χ4v) is 0.717. The fraction of sp³-hybridized carbons (Fsp3) is 0. The number of rotatable bonds is 1. The highest BCUT2D eigenvalue weighted by atomic mass is 16.1. The molecule has 0 N–H and O–H groups in total. The molecule has 0 atom stereocenters. The molecule has 2 rings (SSSR count). The molecule has 0 spiro atoms. The first-order valence-electron chi connectivity index (χ1n) is 3.86. The largest absolute Gasteiger partial charge is 0.279 e. The minimum absolute atomic E-state index is 0.688. The van der Waals surface area contributed by atoms with Crippen LogP contribution in [0.3, 0.4) is 0 Å². The molecule has 0 bridgehead atoms. The summed E-state index contributed by atoms with van der Waals surface area (Å²) in [5.74, 6) is 0. The Bertz CT molecular complexity index is 289. The number of hydrogen-bond acceptors (Lipinski definition) is 2. The van der Waals surface area contributed by atoms with Gasteiger partial charge in [-0.15, -0.1) is 0 Å². The van der Waals surface area contributed by atoms with Gasteiger partial charge in [0.05, 0.1) is 0 Å². The molecular formula is C10H10N2O. The zero-order valence-electron chi connectivity index (χ0n) is 7.08. The van der Waals surface area contributed by atoms with E-state index in [4.69, 9.17) is 0 Å². The van der Waals surface area contributed by atoms with Crippen molar-refractivity contribution in [3.05, 3.63) is 55.1 Å². The van der Waals surface area contributed by atoms with E-state index in [0.29, 0.717) is 6.41 Å². The lowest BCUT2D eigenvalue weighted by Gasteiger charge is -1.75. The summed E-state index contributed by atoms with van der Waals surface area (Å²) in [6.45, 7) is 0. The molecule has 66 valence electrons. The van der Waals surface area contributed by atoms with E-state index >= 15 is 0 Å². The predicted octanol–water partition coefficient (Wildman–Crippen LogP) is 1.61. The molecule has 0 aliphatic carbocycles. The standard InChI is InChI=1S/C6H6.C4H4N2O/c1-2-4-6-5-3-1;7-4-6-2-1-5-3-6/h1-6H;1-4H. The first-order chi connectivity index (χ1) is 6.43. The molecule has 0 radical (unpaired) electrons. The molecular weight excluding hydrogens is 164 g/mol. The van der Waals surface area contributed by atoms with Crippen molar-refractivity contribution >= 4 is 6.41 Å². The molecule has 3 heteroatoms. The van der Waals surface area contributed by atoms with E-state index in [1.807, 2.05) is 36.4 Å². The summed E-state index contributed by atoms with van der Waals surface area (Å²) in [6, 6.07) is 12.0. The Hall–Kier alpha value is -1.90. The summed E-state index contributed by atoms with van der Waals surface area (Å²) >= 11 is 0. The molecule has 2 aromatic rings. The summed E-state index contributed by atoms with van der Waals surface area (Å²) in [6.07, 6.45) is 5.25. The van der Waals surface area contributed by atoms with Gasteiger partial charge in [-0.05, 0) is 0 Å². The quantitative estimate of drug-likeness (QED) is 0.615. The van der Waals surface area contributed by atoms with Crippen molar-refractivity contribution in [3.8, 4) is 0 Å². The third-order valence-corrected chi connectivity index (χ3v) is 1.31. The summed E-state index contributed by atoms with van der Waals surface area (Å²) in [4.78, 5) is 13.4. The van der Waals surface area contributed by atoms with E-state index in [-0.39, 0.29) is 0 Å². The van der Waals surface area contributed by atoms with Gasteiger partial charge >= 0.3 is 0 Å². The molecule has 0 amide bonds. The van der Waals surface area contributed by atoms with Crippen molar-refractivity contribution in [2.45, 2.75) is 0 Å². The van der Waals surface area contributed by atoms with Crippen LogP contribution in [0.25, 0.3) is 0 Å². The van der Waals surface area contributed by atoms with Crippen molar-refractivity contribution in [1.29, 1.82) is 0 Å². The van der Waals surface area contributed by atoms with Crippen LogP contribution in [0.15, 0.2) is 55.1 Å². The highest BCUT2D eigenvalue weighted by molar-refractivity contribution is 5.50. The first-order valence-corrected chi connectivity index (χ1v) is 3.86. The predicted molar refractivity (Wildman–Crippen MR) is 50.8 cm³/mol. The third-order valence-electron chi connectivity index (χ3n) is 1.31. The molecule has 0 fully saturated rings. The average Bonchev–Trinajstić information content (AvgIpc) is 2.74. The van der Waals surface area contributed by atoms with Crippen molar-refractivity contribution in [2.24, 2.45) is 0 Å². The SMILES string of the molecule is O=Cn1ccnc1.c1ccccc1. The van der Waals surface area contributed by atoms with Crippen LogP contribution in [0, 0.1) is 0 Å². The van der Waals surface area contributed by atoms with E-state index in [9.17, 15) is 4.79 Å².